The molecule has 0 radical (unpaired) electrons. The lowest BCUT2D eigenvalue weighted by Crippen LogP contribution is -2.12. The maximum absolute atomic E-state index is 13.2. The summed E-state index contributed by atoms with van der Waals surface area (Å²) in [4.78, 5) is 26.3. The zero-order valence-corrected chi connectivity index (χ0v) is 18.4. The van der Waals surface area contributed by atoms with Crippen LogP contribution >= 0.6 is 11.3 Å². The maximum Gasteiger partial charge on any atom is 0.267 e. The molecule has 32 heavy (non-hydrogen) atoms. The zero-order valence-electron chi connectivity index (χ0n) is 17.6. The van der Waals surface area contributed by atoms with Crippen molar-refractivity contribution < 1.29 is 14.3 Å². The second-order valence-electron chi connectivity index (χ2n) is 7.24. The molecule has 0 saturated carbocycles. The molecule has 2 aromatic carbocycles. The third-order valence-electron chi connectivity index (χ3n) is 4.80. The Balaban J connectivity index is 1.53. The summed E-state index contributed by atoms with van der Waals surface area (Å²) in [6.07, 6.45) is 1.48. The van der Waals surface area contributed by atoms with E-state index in [1.807, 2.05) is 13.8 Å². The first-order valence-electron chi connectivity index (χ1n) is 9.75. The van der Waals surface area contributed by atoms with E-state index in [2.05, 4.69) is 25.6 Å². The van der Waals surface area contributed by atoms with Crippen molar-refractivity contribution in [3.05, 3.63) is 76.2 Å². The number of hydrogen-bond acceptors (Lipinski definition) is 7. The van der Waals surface area contributed by atoms with E-state index >= 15 is 0 Å². The lowest BCUT2D eigenvalue weighted by molar-refractivity contribution is 0.103. The number of nitrogens with one attached hydrogen (secondary N) is 2. The maximum atomic E-state index is 13.2. The normalized spacial score (nSPS) is 10.8. The minimum Gasteiger partial charge on any atom is -0.508 e. The number of benzene rings is 2. The Labute approximate surface area is 188 Å². The second kappa shape index (κ2) is 8.72. The van der Waals surface area contributed by atoms with Gasteiger partial charge in [0.25, 0.3) is 5.91 Å². The van der Waals surface area contributed by atoms with Gasteiger partial charge in [-0.1, -0.05) is 17.4 Å². The molecule has 0 saturated heterocycles. The molecule has 4 aromatic rings. The highest BCUT2D eigenvalue weighted by atomic mass is 32.1. The van der Waals surface area contributed by atoms with E-state index in [1.54, 1.807) is 37.3 Å². The molecule has 3 N–H and O–H groups in total. The van der Waals surface area contributed by atoms with Gasteiger partial charge in [-0.2, -0.15) is 0 Å². The molecule has 0 fully saturated rings. The molecular weight excluding hydrogens is 429 g/mol. The molecule has 0 aliphatic carbocycles. The van der Waals surface area contributed by atoms with E-state index in [0.29, 0.717) is 38.5 Å². The van der Waals surface area contributed by atoms with Gasteiger partial charge in [-0.05, 0) is 56.7 Å². The molecule has 7 nitrogen and oxygen atoms in total. The molecule has 0 spiro atoms. The van der Waals surface area contributed by atoms with Crippen LogP contribution in [0.1, 0.15) is 26.5 Å². The molecule has 0 aliphatic rings. The van der Waals surface area contributed by atoms with Crippen molar-refractivity contribution in [2.24, 2.45) is 0 Å². The number of aryl methyl sites for hydroxylation is 2. The Bertz CT molecular complexity index is 1300. The van der Waals surface area contributed by atoms with Crippen LogP contribution < -0.4 is 10.6 Å². The average molecular weight is 450 g/mol. The van der Waals surface area contributed by atoms with Gasteiger partial charge in [-0.3, -0.25) is 4.79 Å². The zero-order chi connectivity index (χ0) is 22.8. The SMILES string of the molecule is Cc1cc(Nc2ncc(C(=O)Nc3c(C)ccc(O)c3C)s2)nc(-c2ccc(F)cc2)n1. The van der Waals surface area contributed by atoms with E-state index in [9.17, 15) is 14.3 Å². The third kappa shape index (κ3) is 4.57. The topological polar surface area (TPSA) is 100 Å². The average Bonchev–Trinajstić information content (AvgIpc) is 3.22. The Kier molecular flexibility index (Phi) is 5.83. The first-order chi connectivity index (χ1) is 15.3. The van der Waals surface area contributed by atoms with Gasteiger partial charge in [0.2, 0.25) is 0 Å². The van der Waals surface area contributed by atoms with Crippen LogP contribution in [0.25, 0.3) is 11.4 Å². The number of anilines is 3. The highest BCUT2D eigenvalue weighted by Crippen LogP contribution is 2.30. The summed E-state index contributed by atoms with van der Waals surface area (Å²) in [5.41, 5.74) is 3.45. The summed E-state index contributed by atoms with van der Waals surface area (Å²) in [6, 6.07) is 11.0. The van der Waals surface area contributed by atoms with Crippen molar-refractivity contribution in [2.75, 3.05) is 10.6 Å². The van der Waals surface area contributed by atoms with Crippen molar-refractivity contribution in [2.45, 2.75) is 20.8 Å². The Morgan fingerprint density at radius 3 is 2.56 bits per heavy atom. The number of halogens is 1. The van der Waals surface area contributed by atoms with Crippen LogP contribution in [0.5, 0.6) is 5.75 Å². The van der Waals surface area contributed by atoms with E-state index in [4.69, 9.17) is 0 Å². The fourth-order valence-electron chi connectivity index (χ4n) is 3.11. The highest BCUT2D eigenvalue weighted by molar-refractivity contribution is 7.17. The molecule has 9 heteroatoms. The number of rotatable bonds is 5. The third-order valence-corrected chi connectivity index (χ3v) is 5.72. The summed E-state index contributed by atoms with van der Waals surface area (Å²) in [6.45, 7) is 5.44. The number of aromatic hydroxyl groups is 1. The van der Waals surface area contributed by atoms with Gasteiger partial charge in [0.05, 0.1) is 11.9 Å². The molecule has 162 valence electrons. The van der Waals surface area contributed by atoms with Crippen molar-refractivity contribution in [1.29, 1.82) is 0 Å². The quantitative estimate of drug-likeness (QED) is 0.379. The largest absolute Gasteiger partial charge is 0.508 e. The van der Waals surface area contributed by atoms with Crippen molar-refractivity contribution in [1.82, 2.24) is 15.0 Å². The van der Waals surface area contributed by atoms with Crippen molar-refractivity contribution in [3.63, 3.8) is 0 Å². The Hall–Kier alpha value is -3.85. The lowest BCUT2D eigenvalue weighted by Gasteiger charge is -2.12. The minimum atomic E-state index is -0.329. The molecule has 2 aromatic heterocycles. The number of hydrogen-bond donors (Lipinski definition) is 3. The number of phenolic OH excluding ortho intramolecular Hbond substituents is 1. The predicted molar refractivity (Wildman–Crippen MR) is 123 cm³/mol. The van der Waals surface area contributed by atoms with Crippen LogP contribution in [0.3, 0.4) is 0 Å². The Morgan fingerprint density at radius 1 is 1.06 bits per heavy atom. The van der Waals surface area contributed by atoms with Crippen molar-refractivity contribution >= 4 is 33.9 Å². The standard InChI is InChI=1S/C23H20FN5O2S/c1-12-4-9-17(30)14(3)20(12)29-22(31)18-11-25-23(32-18)28-19-10-13(2)26-21(27-19)15-5-7-16(24)8-6-15/h4-11,30H,1-3H3,(H,29,31)(H,25,26,27,28). The van der Waals surface area contributed by atoms with Crippen molar-refractivity contribution in [3.8, 4) is 17.1 Å². The molecule has 0 bridgehead atoms. The highest BCUT2D eigenvalue weighted by Gasteiger charge is 2.15. The molecular formula is C23H20FN5O2S. The molecule has 4 rings (SSSR count). The lowest BCUT2D eigenvalue weighted by atomic mass is 10.1. The van der Waals surface area contributed by atoms with Crippen LogP contribution in [0.2, 0.25) is 0 Å². The summed E-state index contributed by atoms with van der Waals surface area (Å²) in [5, 5.41) is 16.3. The number of amides is 1. The molecule has 0 unspecified atom stereocenters. The number of carbonyl (C=O) groups is 1. The van der Waals surface area contributed by atoms with E-state index in [1.165, 1.54) is 29.7 Å². The van der Waals surface area contributed by atoms with Gasteiger partial charge in [0, 0.05) is 22.9 Å². The summed E-state index contributed by atoms with van der Waals surface area (Å²) in [7, 11) is 0. The molecule has 1 amide bonds. The number of nitrogens with zero attached hydrogens (tertiary/aromatic N) is 3. The van der Waals surface area contributed by atoms with Crippen LogP contribution in [0.15, 0.2) is 48.7 Å². The van der Waals surface area contributed by atoms with Gasteiger partial charge in [0.15, 0.2) is 11.0 Å². The van der Waals surface area contributed by atoms with Crippen LogP contribution in [0.4, 0.5) is 21.0 Å². The summed E-state index contributed by atoms with van der Waals surface area (Å²) < 4.78 is 13.2. The first-order valence-corrected chi connectivity index (χ1v) is 10.6. The number of carbonyl (C=O) groups excluding carboxylic acids is 1. The molecule has 2 heterocycles. The van der Waals surface area contributed by atoms with Crippen LogP contribution in [0, 0.1) is 26.6 Å². The molecule has 0 atom stereocenters. The first kappa shape index (κ1) is 21.4. The second-order valence-corrected chi connectivity index (χ2v) is 8.27. The van der Waals surface area contributed by atoms with E-state index in [-0.39, 0.29) is 17.5 Å². The van der Waals surface area contributed by atoms with Gasteiger partial charge in [-0.25, -0.2) is 19.3 Å². The summed E-state index contributed by atoms with van der Waals surface area (Å²) >= 11 is 1.17. The van der Waals surface area contributed by atoms with Gasteiger partial charge >= 0.3 is 0 Å². The van der Waals surface area contributed by atoms with E-state index < -0.39 is 0 Å². The Morgan fingerprint density at radius 2 is 1.81 bits per heavy atom. The number of thiazole rings is 1. The molecule has 0 aliphatic heterocycles. The van der Waals surface area contributed by atoms with Gasteiger partial charge in [-0.15, -0.1) is 0 Å². The van der Waals surface area contributed by atoms with Crippen LogP contribution in [-0.4, -0.2) is 26.0 Å². The van der Waals surface area contributed by atoms with E-state index in [0.717, 1.165) is 11.3 Å². The monoisotopic (exact) mass is 449 g/mol. The van der Waals surface area contributed by atoms with Gasteiger partial charge < -0.3 is 15.7 Å². The summed E-state index contributed by atoms with van der Waals surface area (Å²) in [5.74, 6) is 0.436. The van der Waals surface area contributed by atoms with Gasteiger partial charge in [0.1, 0.15) is 22.3 Å². The fourth-order valence-corrected chi connectivity index (χ4v) is 3.83. The smallest absolute Gasteiger partial charge is 0.267 e. The minimum absolute atomic E-state index is 0.119. The fraction of sp³-hybridized carbons (Fsp3) is 0.130. The number of aromatic nitrogens is 3. The predicted octanol–water partition coefficient (Wildman–Crippen LogP) is 5.37. The van der Waals surface area contributed by atoms with Crippen LogP contribution in [-0.2, 0) is 0 Å². The number of phenols is 1.